The van der Waals surface area contributed by atoms with E-state index in [-0.39, 0.29) is 0 Å². The number of amides is 3. The van der Waals surface area contributed by atoms with Crippen LogP contribution in [0.4, 0.5) is 4.79 Å². The van der Waals surface area contributed by atoms with Crippen molar-refractivity contribution in [1.82, 2.24) is 10.2 Å². The molecule has 10 heteroatoms. The van der Waals surface area contributed by atoms with Gasteiger partial charge in [-0.05, 0) is 31.5 Å². The second-order valence-electron chi connectivity index (χ2n) is 6.85. The lowest BCUT2D eigenvalue weighted by molar-refractivity contribution is -0.138. The predicted molar refractivity (Wildman–Crippen MR) is 110 cm³/mol. The zero-order valence-electron chi connectivity index (χ0n) is 16.0. The largest absolute Gasteiger partial charge is 0.497 e. The maximum atomic E-state index is 13.1. The lowest BCUT2D eigenvalue weighted by atomic mass is 10.0. The minimum atomic E-state index is -1.29. The number of carbonyl (C=O) groups excluding carboxylic acids is 2. The Kier molecular flexibility index (Phi) is 7.48. The van der Waals surface area contributed by atoms with Crippen molar-refractivity contribution in [2.45, 2.75) is 36.4 Å². The molecule has 0 unspecified atom stereocenters. The molecule has 0 bridgehead atoms. The molecule has 1 aliphatic rings. The van der Waals surface area contributed by atoms with Gasteiger partial charge < -0.3 is 25.8 Å². The lowest BCUT2D eigenvalue weighted by Gasteiger charge is -2.36. The van der Waals surface area contributed by atoms with Crippen LogP contribution in [0.3, 0.4) is 0 Å². The quantitative estimate of drug-likeness (QED) is 0.577. The Hall–Kier alpha value is -2.07. The van der Waals surface area contributed by atoms with Crippen molar-refractivity contribution >= 4 is 41.4 Å². The number of nitrogens with two attached hydrogens (primary N) is 1. The molecule has 1 aliphatic heterocycles. The van der Waals surface area contributed by atoms with Gasteiger partial charge in [-0.3, -0.25) is 9.59 Å². The molecule has 154 valence electrons. The van der Waals surface area contributed by atoms with Gasteiger partial charge in [0, 0.05) is 16.3 Å². The molecule has 0 radical (unpaired) electrons. The van der Waals surface area contributed by atoms with E-state index >= 15 is 0 Å². The van der Waals surface area contributed by atoms with Gasteiger partial charge in [-0.25, -0.2) is 4.79 Å². The summed E-state index contributed by atoms with van der Waals surface area (Å²) in [5, 5.41) is 11.6. The summed E-state index contributed by atoms with van der Waals surface area (Å²) in [7, 11) is 1.59. The average molecular weight is 428 g/mol. The molecule has 4 N–H and O–H groups in total. The van der Waals surface area contributed by atoms with Gasteiger partial charge in [-0.15, -0.1) is 23.5 Å². The predicted octanol–water partition coefficient (Wildman–Crippen LogP) is 1.73. The van der Waals surface area contributed by atoms with Crippen LogP contribution in [0, 0.1) is 0 Å². The third kappa shape index (κ3) is 5.48. The zero-order valence-corrected chi connectivity index (χ0v) is 17.6. The van der Waals surface area contributed by atoms with Gasteiger partial charge in [0.2, 0.25) is 11.8 Å². The number of methoxy groups -OCH3 is 1. The fourth-order valence-electron chi connectivity index (χ4n) is 2.79. The lowest BCUT2D eigenvalue weighted by Crippen LogP contribution is -2.59. The number of ether oxygens (including phenoxy) is 1. The van der Waals surface area contributed by atoms with E-state index in [1.54, 1.807) is 7.11 Å². The first-order valence-electron chi connectivity index (χ1n) is 8.59. The van der Waals surface area contributed by atoms with Crippen LogP contribution in [0.15, 0.2) is 24.3 Å². The highest BCUT2D eigenvalue weighted by molar-refractivity contribution is 8.00. The molecule has 0 saturated carbocycles. The standard InChI is InChI=1S/C18H25N3O5S2/c1-18(2,28-8-11-4-6-12(26-3)7-5-11)14(20-17(24)25)16(23)21-10-27-9-13(21)15(19)22/h4-7,13-14,20H,8-10H2,1-3H3,(H2,19,22)(H,24,25)/t13-,14+/m0/s1. The minimum absolute atomic E-state index is 0.309. The highest BCUT2D eigenvalue weighted by Crippen LogP contribution is 2.34. The number of hydrogen-bond donors (Lipinski definition) is 3. The molecule has 1 saturated heterocycles. The van der Waals surface area contributed by atoms with Crippen LogP contribution in [-0.4, -0.2) is 63.5 Å². The Morgan fingerprint density at radius 3 is 2.57 bits per heavy atom. The summed E-state index contributed by atoms with van der Waals surface area (Å²) in [6, 6.07) is 5.79. The van der Waals surface area contributed by atoms with Crippen molar-refractivity contribution in [1.29, 1.82) is 0 Å². The molecule has 0 aromatic heterocycles. The van der Waals surface area contributed by atoms with Crippen molar-refractivity contribution in [2.24, 2.45) is 5.73 Å². The molecule has 1 aromatic rings. The molecule has 1 aromatic carbocycles. The normalized spacial score (nSPS) is 17.8. The molecule has 1 heterocycles. The van der Waals surface area contributed by atoms with Crippen molar-refractivity contribution in [3.8, 4) is 5.75 Å². The molecule has 0 spiro atoms. The van der Waals surface area contributed by atoms with Gasteiger partial charge in [0.1, 0.15) is 17.8 Å². The van der Waals surface area contributed by atoms with E-state index in [2.05, 4.69) is 5.32 Å². The number of hydrogen-bond acceptors (Lipinski definition) is 6. The number of carbonyl (C=O) groups is 3. The summed E-state index contributed by atoms with van der Waals surface area (Å²) in [4.78, 5) is 37.4. The Morgan fingerprint density at radius 1 is 1.39 bits per heavy atom. The van der Waals surface area contributed by atoms with Crippen molar-refractivity contribution in [2.75, 3.05) is 18.7 Å². The Bertz CT molecular complexity index is 726. The van der Waals surface area contributed by atoms with Gasteiger partial charge in [0.05, 0.1) is 13.0 Å². The van der Waals surface area contributed by atoms with Gasteiger partial charge >= 0.3 is 6.09 Å². The van der Waals surface area contributed by atoms with E-state index in [0.29, 0.717) is 17.4 Å². The third-order valence-corrected chi connectivity index (χ3v) is 6.94. The second kappa shape index (κ2) is 9.42. The van der Waals surface area contributed by atoms with E-state index in [9.17, 15) is 19.5 Å². The molecule has 2 atom stereocenters. The number of nitrogens with one attached hydrogen (secondary N) is 1. The number of carboxylic acid groups (broad SMARTS) is 1. The van der Waals surface area contributed by atoms with E-state index in [0.717, 1.165) is 11.3 Å². The first-order valence-corrected chi connectivity index (χ1v) is 10.7. The number of nitrogens with zero attached hydrogens (tertiary/aromatic N) is 1. The molecule has 28 heavy (non-hydrogen) atoms. The SMILES string of the molecule is COc1ccc(CSC(C)(C)[C@H](NC(=O)O)C(=O)N2CSC[C@H]2C(N)=O)cc1. The first kappa shape index (κ1) is 22.2. The van der Waals surface area contributed by atoms with Gasteiger partial charge in [0.15, 0.2) is 0 Å². The number of benzene rings is 1. The molecule has 2 rings (SSSR count). The fourth-order valence-corrected chi connectivity index (χ4v) is 5.03. The number of rotatable bonds is 8. The maximum absolute atomic E-state index is 13.1. The minimum Gasteiger partial charge on any atom is -0.497 e. The molecule has 0 aliphatic carbocycles. The maximum Gasteiger partial charge on any atom is 0.405 e. The van der Waals surface area contributed by atoms with E-state index in [1.165, 1.54) is 28.4 Å². The highest BCUT2D eigenvalue weighted by atomic mass is 32.2. The van der Waals surface area contributed by atoms with Crippen molar-refractivity contribution in [3.63, 3.8) is 0 Å². The Morgan fingerprint density at radius 2 is 2.04 bits per heavy atom. The topological polar surface area (TPSA) is 122 Å². The van der Waals surface area contributed by atoms with Crippen LogP contribution in [0.5, 0.6) is 5.75 Å². The Balaban J connectivity index is 2.15. The summed E-state index contributed by atoms with van der Waals surface area (Å²) in [6.07, 6.45) is -1.29. The molecule has 3 amide bonds. The van der Waals surface area contributed by atoms with Crippen LogP contribution < -0.4 is 15.8 Å². The van der Waals surface area contributed by atoms with Gasteiger partial charge in [-0.1, -0.05) is 12.1 Å². The summed E-state index contributed by atoms with van der Waals surface area (Å²) in [5.41, 5.74) is 6.42. The van der Waals surface area contributed by atoms with E-state index in [4.69, 9.17) is 10.5 Å². The number of primary amides is 1. The average Bonchev–Trinajstić information content (AvgIpc) is 3.14. The van der Waals surface area contributed by atoms with E-state index in [1.807, 2.05) is 38.1 Å². The number of thioether (sulfide) groups is 2. The zero-order chi connectivity index (χ0) is 20.9. The van der Waals surface area contributed by atoms with Gasteiger partial charge in [-0.2, -0.15) is 0 Å². The van der Waals surface area contributed by atoms with Gasteiger partial charge in [0.25, 0.3) is 0 Å². The van der Waals surface area contributed by atoms with Crippen LogP contribution in [0.1, 0.15) is 19.4 Å². The van der Waals surface area contributed by atoms with E-state index < -0.39 is 34.7 Å². The Labute approximate surface area is 172 Å². The van der Waals surface area contributed by atoms with Crippen LogP contribution >= 0.6 is 23.5 Å². The second-order valence-corrected chi connectivity index (χ2v) is 9.48. The summed E-state index contributed by atoms with van der Waals surface area (Å²) in [6.45, 7) is 3.62. The van der Waals surface area contributed by atoms with Crippen LogP contribution in [-0.2, 0) is 15.3 Å². The summed E-state index contributed by atoms with van der Waals surface area (Å²) in [5.74, 6) is 1.02. The van der Waals surface area contributed by atoms with Crippen molar-refractivity contribution < 1.29 is 24.2 Å². The summed E-state index contributed by atoms with van der Waals surface area (Å²) < 4.78 is 4.38. The molecule has 1 fully saturated rings. The molecular weight excluding hydrogens is 402 g/mol. The highest BCUT2D eigenvalue weighted by Gasteiger charge is 2.43. The summed E-state index contributed by atoms with van der Waals surface area (Å²) >= 11 is 2.87. The first-order chi connectivity index (χ1) is 13.2. The van der Waals surface area contributed by atoms with Crippen LogP contribution in [0.2, 0.25) is 0 Å². The monoisotopic (exact) mass is 427 g/mol. The molecule has 8 nitrogen and oxygen atoms in total. The van der Waals surface area contributed by atoms with Crippen molar-refractivity contribution in [3.05, 3.63) is 29.8 Å². The smallest absolute Gasteiger partial charge is 0.405 e. The third-order valence-electron chi connectivity index (χ3n) is 4.47. The fraction of sp³-hybridized carbons (Fsp3) is 0.500. The van der Waals surface area contributed by atoms with Crippen LogP contribution in [0.25, 0.3) is 0 Å². The molecular formula is C18H25N3O5S2.